The molecule has 0 saturated carbocycles. The van der Waals surface area contributed by atoms with Crippen molar-refractivity contribution in [1.29, 1.82) is 0 Å². The number of halogens is 1. The number of hydrogen-bond acceptors (Lipinski definition) is 3. The van der Waals surface area contributed by atoms with Gasteiger partial charge < -0.3 is 5.73 Å². The monoisotopic (exact) mass is 308 g/mol. The van der Waals surface area contributed by atoms with Crippen LogP contribution in [0, 0.1) is 5.82 Å². The molecule has 2 rings (SSSR count). The van der Waals surface area contributed by atoms with E-state index in [0.717, 1.165) is 22.4 Å². The van der Waals surface area contributed by atoms with E-state index in [1.54, 1.807) is 12.1 Å². The first-order valence-electron chi connectivity index (χ1n) is 6.49. The van der Waals surface area contributed by atoms with Gasteiger partial charge in [0.1, 0.15) is 10.7 Å². The summed E-state index contributed by atoms with van der Waals surface area (Å²) < 4.78 is 39.8. The lowest BCUT2D eigenvalue weighted by molar-refractivity contribution is 0.566. The number of rotatable bonds is 4. The second-order valence-corrected chi connectivity index (χ2v) is 6.62. The zero-order valence-corrected chi connectivity index (χ0v) is 12.7. The van der Waals surface area contributed by atoms with Crippen LogP contribution in [0.4, 0.5) is 15.8 Å². The number of sulfonamides is 1. The maximum atomic E-state index is 13.9. The molecule has 0 heterocycles. The topological polar surface area (TPSA) is 63.4 Å². The van der Waals surface area contributed by atoms with Crippen molar-refractivity contribution in [3.05, 3.63) is 53.8 Å². The van der Waals surface area contributed by atoms with E-state index in [4.69, 9.17) is 5.73 Å². The van der Waals surface area contributed by atoms with Gasteiger partial charge in [-0.05, 0) is 42.3 Å². The van der Waals surface area contributed by atoms with E-state index in [1.807, 2.05) is 19.1 Å². The number of aryl methyl sites for hydroxylation is 1. The number of benzene rings is 2. The third-order valence-electron chi connectivity index (χ3n) is 3.30. The van der Waals surface area contributed by atoms with Crippen LogP contribution in [-0.4, -0.2) is 15.5 Å². The van der Waals surface area contributed by atoms with Crippen LogP contribution in [0.15, 0.2) is 47.4 Å². The molecule has 0 radical (unpaired) electrons. The lowest BCUT2D eigenvalue weighted by atomic mass is 10.1. The highest BCUT2D eigenvalue weighted by molar-refractivity contribution is 7.92. The van der Waals surface area contributed by atoms with Crippen molar-refractivity contribution in [3.8, 4) is 0 Å². The highest BCUT2D eigenvalue weighted by Crippen LogP contribution is 2.25. The largest absolute Gasteiger partial charge is 0.399 e. The van der Waals surface area contributed by atoms with Gasteiger partial charge in [0.25, 0.3) is 10.0 Å². The molecule has 0 atom stereocenters. The summed E-state index contributed by atoms with van der Waals surface area (Å²) in [5.41, 5.74) is 7.20. The number of nitrogens with zero attached hydrogens (tertiary/aromatic N) is 1. The number of anilines is 2. The van der Waals surface area contributed by atoms with Gasteiger partial charge >= 0.3 is 0 Å². The van der Waals surface area contributed by atoms with Crippen molar-refractivity contribution < 1.29 is 12.8 Å². The Morgan fingerprint density at radius 3 is 2.29 bits per heavy atom. The van der Waals surface area contributed by atoms with Gasteiger partial charge in [0, 0.05) is 12.7 Å². The van der Waals surface area contributed by atoms with Gasteiger partial charge in [-0.1, -0.05) is 19.1 Å². The molecule has 21 heavy (non-hydrogen) atoms. The number of hydrogen-bond donors (Lipinski definition) is 1. The molecule has 0 unspecified atom stereocenters. The fourth-order valence-electron chi connectivity index (χ4n) is 1.95. The third-order valence-corrected chi connectivity index (χ3v) is 5.12. The van der Waals surface area contributed by atoms with Crippen LogP contribution in [0.5, 0.6) is 0 Å². The molecule has 4 nitrogen and oxygen atoms in total. The number of nitrogens with two attached hydrogens (primary N) is 1. The fraction of sp³-hybridized carbons (Fsp3) is 0.200. The Bertz CT molecular complexity index is 743. The van der Waals surface area contributed by atoms with Gasteiger partial charge in [0.05, 0.1) is 5.69 Å². The maximum absolute atomic E-state index is 13.9. The first kappa shape index (κ1) is 15.3. The minimum atomic E-state index is -3.96. The number of nitrogen functional groups attached to an aromatic ring is 1. The van der Waals surface area contributed by atoms with E-state index in [-0.39, 0.29) is 5.69 Å². The van der Waals surface area contributed by atoms with Gasteiger partial charge in [-0.15, -0.1) is 0 Å². The summed E-state index contributed by atoms with van der Waals surface area (Å²) in [5, 5.41) is 0. The van der Waals surface area contributed by atoms with Gasteiger partial charge in [-0.3, -0.25) is 4.31 Å². The third kappa shape index (κ3) is 3.00. The molecular formula is C15H17FN2O2S. The van der Waals surface area contributed by atoms with Gasteiger partial charge in [0.15, 0.2) is 0 Å². The Labute approximate surface area is 124 Å². The summed E-state index contributed by atoms with van der Waals surface area (Å²) in [6, 6.07) is 10.6. The molecule has 0 spiro atoms. The zero-order valence-electron chi connectivity index (χ0n) is 11.9. The first-order valence-corrected chi connectivity index (χ1v) is 7.93. The van der Waals surface area contributed by atoms with E-state index >= 15 is 0 Å². The van der Waals surface area contributed by atoms with Crippen LogP contribution >= 0.6 is 0 Å². The molecule has 0 aliphatic carbocycles. The lowest BCUT2D eigenvalue weighted by Crippen LogP contribution is -2.27. The minimum Gasteiger partial charge on any atom is -0.399 e. The normalized spacial score (nSPS) is 11.4. The fourth-order valence-corrected chi connectivity index (χ4v) is 3.19. The van der Waals surface area contributed by atoms with E-state index in [2.05, 4.69) is 0 Å². The smallest absolute Gasteiger partial charge is 0.266 e. The molecule has 112 valence electrons. The summed E-state index contributed by atoms with van der Waals surface area (Å²) in [6.45, 7) is 2.01. The molecule has 0 aromatic heterocycles. The van der Waals surface area contributed by atoms with Gasteiger partial charge in [0.2, 0.25) is 0 Å². The molecular weight excluding hydrogens is 291 g/mol. The predicted molar refractivity (Wildman–Crippen MR) is 82.2 cm³/mol. The summed E-state index contributed by atoms with van der Waals surface area (Å²) in [5.74, 6) is -0.855. The van der Waals surface area contributed by atoms with Crippen molar-refractivity contribution in [2.45, 2.75) is 18.2 Å². The van der Waals surface area contributed by atoms with Crippen molar-refractivity contribution in [2.75, 3.05) is 17.1 Å². The van der Waals surface area contributed by atoms with Crippen LogP contribution in [0.1, 0.15) is 12.5 Å². The SMILES string of the molecule is CCc1ccc(N(C)S(=O)(=O)c2ccc(N)cc2F)cc1. The van der Waals surface area contributed by atoms with Crippen LogP contribution in [-0.2, 0) is 16.4 Å². The molecule has 0 aliphatic rings. The van der Waals surface area contributed by atoms with Crippen molar-refractivity contribution >= 4 is 21.4 Å². The molecule has 0 aliphatic heterocycles. The Kier molecular flexibility index (Phi) is 4.18. The lowest BCUT2D eigenvalue weighted by Gasteiger charge is -2.20. The van der Waals surface area contributed by atoms with Crippen molar-refractivity contribution in [2.24, 2.45) is 0 Å². The van der Waals surface area contributed by atoms with Crippen LogP contribution < -0.4 is 10.0 Å². The average molecular weight is 308 g/mol. The summed E-state index contributed by atoms with van der Waals surface area (Å²) >= 11 is 0. The summed E-state index contributed by atoms with van der Waals surface area (Å²) in [6.07, 6.45) is 0.864. The second-order valence-electron chi connectivity index (χ2n) is 4.68. The van der Waals surface area contributed by atoms with Crippen molar-refractivity contribution in [3.63, 3.8) is 0 Å². The van der Waals surface area contributed by atoms with E-state index in [9.17, 15) is 12.8 Å². The Morgan fingerprint density at radius 1 is 1.14 bits per heavy atom. The standard InChI is InChI=1S/C15H17FN2O2S/c1-3-11-4-7-13(8-5-11)18(2)21(19,20)15-9-6-12(17)10-14(15)16/h4-10H,3,17H2,1-2H3. The molecule has 2 aromatic rings. The van der Waals surface area contributed by atoms with Crippen LogP contribution in [0.2, 0.25) is 0 Å². The van der Waals surface area contributed by atoms with Crippen molar-refractivity contribution in [1.82, 2.24) is 0 Å². The summed E-state index contributed by atoms with van der Waals surface area (Å²) in [7, 11) is -2.56. The quantitative estimate of drug-likeness (QED) is 0.883. The van der Waals surface area contributed by atoms with E-state index in [0.29, 0.717) is 5.69 Å². The first-order chi connectivity index (χ1) is 9.86. The minimum absolute atomic E-state index is 0.182. The maximum Gasteiger partial charge on any atom is 0.266 e. The van der Waals surface area contributed by atoms with Crippen LogP contribution in [0.25, 0.3) is 0 Å². The Balaban J connectivity index is 2.42. The molecule has 2 aromatic carbocycles. The molecule has 0 saturated heterocycles. The Hall–Kier alpha value is -2.08. The summed E-state index contributed by atoms with van der Waals surface area (Å²) in [4.78, 5) is -0.390. The van der Waals surface area contributed by atoms with E-state index < -0.39 is 20.7 Å². The van der Waals surface area contributed by atoms with Crippen LogP contribution in [0.3, 0.4) is 0 Å². The average Bonchev–Trinajstić information content (AvgIpc) is 2.46. The predicted octanol–water partition coefficient (Wildman–Crippen LogP) is 2.80. The second kappa shape index (κ2) is 5.73. The molecule has 0 amide bonds. The zero-order chi connectivity index (χ0) is 15.6. The molecule has 0 fully saturated rings. The highest BCUT2D eigenvalue weighted by Gasteiger charge is 2.24. The van der Waals surface area contributed by atoms with Gasteiger partial charge in [-0.2, -0.15) is 0 Å². The van der Waals surface area contributed by atoms with Gasteiger partial charge in [-0.25, -0.2) is 12.8 Å². The molecule has 0 bridgehead atoms. The van der Waals surface area contributed by atoms with E-state index in [1.165, 1.54) is 19.2 Å². The Morgan fingerprint density at radius 2 is 1.76 bits per heavy atom. The molecule has 6 heteroatoms. The molecule has 2 N–H and O–H groups in total. The highest BCUT2D eigenvalue weighted by atomic mass is 32.2.